The fourth-order valence-corrected chi connectivity index (χ4v) is 5.77. The summed E-state index contributed by atoms with van der Waals surface area (Å²) in [6.45, 7) is 8.74. The molecule has 1 aromatic carbocycles. The van der Waals surface area contributed by atoms with Gasteiger partial charge in [-0.3, -0.25) is 14.6 Å². The number of ether oxygens (including phenoxy) is 3. The molecule has 0 bridgehead atoms. The highest BCUT2D eigenvalue weighted by atomic mass is 16.5. The zero-order chi connectivity index (χ0) is 21.0. The first-order chi connectivity index (χ1) is 14.6. The van der Waals surface area contributed by atoms with Crippen molar-refractivity contribution >= 4 is 5.97 Å². The fraction of sp³-hybridized carbons (Fsp3) is 0.708. The predicted molar refractivity (Wildman–Crippen MR) is 115 cm³/mol. The summed E-state index contributed by atoms with van der Waals surface area (Å²) in [7, 11) is 1.70. The minimum atomic E-state index is -0.365. The Morgan fingerprint density at radius 2 is 2.07 bits per heavy atom. The summed E-state index contributed by atoms with van der Waals surface area (Å²) in [5.41, 5.74) is 0.865. The molecule has 6 nitrogen and oxygen atoms in total. The largest absolute Gasteiger partial charge is 0.497 e. The lowest BCUT2D eigenvalue weighted by atomic mass is 9.61. The first-order valence-corrected chi connectivity index (χ1v) is 11.5. The zero-order valence-corrected chi connectivity index (χ0v) is 18.5. The van der Waals surface area contributed by atoms with Crippen LogP contribution in [0.2, 0.25) is 0 Å². The Kier molecular flexibility index (Phi) is 6.96. The van der Waals surface area contributed by atoms with Gasteiger partial charge >= 0.3 is 5.97 Å². The van der Waals surface area contributed by atoms with Gasteiger partial charge in [0, 0.05) is 32.2 Å². The monoisotopic (exact) mass is 416 g/mol. The van der Waals surface area contributed by atoms with Gasteiger partial charge < -0.3 is 14.2 Å². The van der Waals surface area contributed by atoms with Crippen molar-refractivity contribution in [2.45, 2.75) is 45.2 Å². The number of morpholine rings is 1. The number of fused-ring (bicyclic) bond motifs is 1. The van der Waals surface area contributed by atoms with E-state index in [9.17, 15) is 4.79 Å². The van der Waals surface area contributed by atoms with E-state index in [1.807, 2.05) is 19.1 Å². The fourth-order valence-electron chi connectivity index (χ4n) is 5.77. The van der Waals surface area contributed by atoms with Crippen LogP contribution in [0, 0.1) is 11.3 Å². The molecular formula is C24H36N2O4. The van der Waals surface area contributed by atoms with Crippen molar-refractivity contribution in [2.24, 2.45) is 11.3 Å². The summed E-state index contributed by atoms with van der Waals surface area (Å²) in [5, 5.41) is 0. The summed E-state index contributed by atoms with van der Waals surface area (Å²) in [6, 6.07) is 8.82. The van der Waals surface area contributed by atoms with Crippen LogP contribution < -0.4 is 4.74 Å². The first-order valence-electron chi connectivity index (χ1n) is 11.5. The van der Waals surface area contributed by atoms with E-state index in [0.29, 0.717) is 18.6 Å². The third kappa shape index (κ3) is 4.51. The van der Waals surface area contributed by atoms with Crippen LogP contribution in [0.4, 0.5) is 0 Å². The molecule has 3 atom stereocenters. The molecule has 1 aliphatic carbocycles. The topological polar surface area (TPSA) is 51.2 Å². The molecule has 3 fully saturated rings. The van der Waals surface area contributed by atoms with Gasteiger partial charge in [0.15, 0.2) is 0 Å². The molecule has 2 saturated heterocycles. The second-order valence-electron chi connectivity index (χ2n) is 9.00. The minimum absolute atomic E-state index is 0.0192. The molecule has 0 unspecified atom stereocenters. The Hall–Kier alpha value is -1.63. The van der Waals surface area contributed by atoms with Gasteiger partial charge in [-0.25, -0.2) is 0 Å². The van der Waals surface area contributed by atoms with E-state index in [2.05, 4.69) is 21.9 Å². The molecule has 2 heterocycles. The van der Waals surface area contributed by atoms with Crippen LogP contribution in [0.1, 0.15) is 38.2 Å². The maximum absolute atomic E-state index is 13.2. The highest BCUT2D eigenvalue weighted by Gasteiger charge is 2.53. The summed E-state index contributed by atoms with van der Waals surface area (Å²) in [5.74, 6) is 1.30. The number of methoxy groups -OCH3 is 1. The van der Waals surface area contributed by atoms with Crippen molar-refractivity contribution in [3.63, 3.8) is 0 Å². The van der Waals surface area contributed by atoms with E-state index in [0.717, 1.165) is 77.4 Å². The lowest BCUT2D eigenvalue weighted by Gasteiger charge is -2.52. The van der Waals surface area contributed by atoms with Crippen molar-refractivity contribution in [2.75, 3.05) is 53.1 Å². The first kappa shape index (κ1) is 21.6. The minimum Gasteiger partial charge on any atom is -0.497 e. The second-order valence-corrected chi connectivity index (χ2v) is 9.00. The van der Waals surface area contributed by atoms with Crippen LogP contribution in [0.15, 0.2) is 24.3 Å². The molecule has 3 aliphatic rings. The molecule has 2 aliphatic heterocycles. The number of nitrogens with zero attached hydrogens (tertiary/aromatic N) is 2. The number of benzene rings is 1. The van der Waals surface area contributed by atoms with Crippen LogP contribution in [0.3, 0.4) is 0 Å². The molecular weight excluding hydrogens is 380 g/mol. The van der Waals surface area contributed by atoms with E-state index in [-0.39, 0.29) is 11.4 Å². The third-order valence-electron chi connectivity index (χ3n) is 7.35. The molecule has 6 heteroatoms. The average molecular weight is 417 g/mol. The number of rotatable bonds is 6. The van der Waals surface area contributed by atoms with Gasteiger partial charge in [-0.2, -0.15) is 0 Å². The average Bonchev–Trinajstić information content (AvgIpc) is 2.79. The lowest BCUT2D eigenvalue weighted by Crippen LogP contribution is -2.58. The third-order valence-corrected chi connectivity index (χ3v) is 7.35. The predicted octanol–water partition coefficient (Wildman–Crippen LogP) is 2.95. The van der Waals surface area contributed by atoms with Crippen LogP contribution >= 0.6 is 0 Å². The molecule has 166 valence electrons. The van der Waals surface area contributed by atoms with Gasteiger partial charge in [-0.15, -0.1) is 0 Å². The smallest absolute Gasteiger partial charge is 0.313 e. The zero-order valence-electron chi connectivity index (χ0n) is 18.5. The van der Waals surface area contributed by atoms with E-state index in [1.165, 1.54) is 5.56 Å². The summed E-state index contributed by atoms with van der Waals surface area (Å²) in [6.07, 6.45) is 4.16. The van der Waals surface area contributed by atoms with E-state index in [4.69, 9.17) is 14.2 Å². The number of carbonyl (C=O) groups is 1. The molecule has 0 amide bonds. The Morgan fingerprint density at radius 3 is 2.83 bits per heavy atom. The molecule has 0 radical (unpaired) electrons. The quantitative estimate of drug-likeness (QED) is 0.665. The van der Waals surface area contributed by atoms with Gasteiger partial charge in [0.25, 0.3) is 0 Å². The Labute approximate surface area is 180 Å². The Bertz CT molecular complexity index is 721. The number of esters is 1. The molecule has 30 heavy (non-hydrogen) atoms. The number of hydrogen-bond acceptors (Lipinski definition) is 6. The maximum atomic E-state index is 13.2. The molecule has 4 rings (SSSR count). The summed E-state index contributed by atoms with van der Waals surface area (Å²) >= 11 is 0. The van der Waals surface area contributed by atoms with Crippen LogP contribution in [0.25, 0.3) is 0 Å². The van der Waals surface area contributed by atoms with Crippen molar-refractivity contribution in [3.05, 3.63) is 29.8 Å². The van der Waals surface area contributed by atoms with Gasteiger partial charge in [0.05, 0.1) is 32.3 Å². The molecule has 1 aromatic rings. The van der Waals surface area contributed by atoms with Crippen molar-refractivity contribution in [3.8, 4) is 5.75 Å². The molecule has 0 aromatic heterocycles. The molecule has 0 N–H and O–H groups in total. The van der Waals surface area contributed by atoms with E-state index >= 15 is 0 Å². The van der Waals surface area contributed by atoms with Crippen molar-refractivity contribution in [1.29, 1.82) is 0 Å². The molecule has 1 saturated carbocycles. The second kappa shape index (κ2) is 9.67. The standard InChI is InChI=1S/C24H36N2O4/c1-3-30-23(27)24-9-7-21(26-11-13-29-14-12-26)16-20(24)8-10-25(18-24)17-19-5-4-6-22(15-19)28-2/h4-6,15,20-21H,3,7-14,16-18H2,1-2H3/t20-,21+,24-/m1/s1. The SMILES string of the molecule is CCOC(=O)[C@@]12CC[C@H](N3CCOCC3)C[C@H]1CCN(Cc1cccc(OC)c1)C2. The summed E-state index contributed by atoms with van der Waals surface area (Å²) in [4.78, 5) is 18.3. The van der Waals surface area contributed by atoms with Gasteiger partial charge in [0.2, 0.25) is 0 Å². The number of likely N-dealkylation sites (tertiary alicyclic amines) is 1. The number of piperidine rings is 1. The molecule has 0 spiro atoms. The van der Waals surface area contributed by atoms with Gasteiger partial charge in [0.1, 0.15) is 5.75 Å². The van der Waals surface area contributed by atoms with Crippen molar-refractivity contribution < 1.29 is 19.0 Å². The van der Waals surface area contributed by atoms with Crippen LogP contribution in [-0.2, 0) is 20.8 Å². The highest BCUT2D eigenvalue weighted by molar-refractivity contribution is 5.78. The normalized spacial score (nSPS) is 30.5. The van der Waals surface area contributed by atoms with E-state index in [1.54, 1.807) is 7.11 Å². The van der Waals surface area contributed by atoms with Gasteiger partial charge in [-0.1, -0.05) is 12.1 Å². The highest BCUT2D eigenvalue weighted by Crippen LogP contribution is 2.48. The van der Waals surface area contributed by atoms with Crippen LogP contribution in [0.5, 0.6) is 5.75 Å². The summed E-state index contributed by atoms with van der Waals surface area (Å²) < 4.78 is 16.6. The van der Waals surface area contributed by atoms with Crippen LogP contribution in [-0.4, -0.2) is 74.9 Å². The van der Waals surface area contributed by atoms with Gasteiger partial charge in [-0.05, 0) is 62.8 Å². The lowest BCUT2D eigenvalue weighted by molar-refractivity contribution is -0.170. The Morgan fingerprint density at radius 1 is 1.23 bits per heavy atom. The van der Waals surface area contributed by atoms with E-state index < -0.39 is 0 Å². The Balaban J connectivity index is 1.48. The number of carbonyl (C=O) groups excluding carboxylic acids is 1. The maximum Gasteiger partial charge on any atom is 0.313 e. The van der Waals surface area contributed by atoms with Crippen molar-refractivity contribution in [1.82, 2.24) is 9.80 Å². The number of hydrogen-bond donors (Lipinski definition) is 0.